The summed E-state index contributed by atoms with van der Waals surface area (Å²) in [6.45, 7) is 1.91. The van der Waals surface area contributed by atoms with Gasteiger partial charge in [-0.15, -0.1) is 0 Å². The maximum absolute atomic E-state index is 14.4. The van der Waals surface area contributed by atoms with E-state index < -0.39 is 28.9 Å². The lowest BCUT2D eigenvalue weighted by Crippen LogP contribution is -2.44. The number of carboxylic acids is 1. The number of nitro groups is 1. The van der Waals surface area contributed by atoms with Gasteiger partial charge in [0.1, 0.15) is 11.1 Å². The van der Waals surface area contributed by atoms with Gasteiger partial charge in [-0.05, 0) is 89.9 Å². The number of carboxylic acid groups (broad SMARTS) is 1. The van der Waals surface area contributed by atoms with Crippen molar-refractivity contribution < 1.29 is 24.4 Å². The zero-order valence-corrected chi connectivity index (χ0v) is 24.9. The molecule has 2 amide bonds. The number of aliphatic carboxylic acids is 1. The maximum atomic E-state index is 14.4. The quantitative estimate of drug-likeness (QED) is 0.111. The highest BCUT2D eigenvalue weighted by molar-refractivity contribution is 14.1. The smallest absolute Gasteiger partial charge is 0.303 e. The van der Waals surface area contributed by atoms with Crippen LogP contribution in [0.4, 0.5) is 11.4 Å². The van der Waals surface area contributed by atoms with Gasteiger partial charge in [-0.2, -0.15) is 0 Å². The van der Waals surface area contributed by atoms with Gasteiger partial charge in [-0.25, -0.2) is 0 Å². The van der Waals surface area contributed by atoms with Crippen molar-refractivity contribution in [1.82, 2.24) is 4.90 Å². The van der Waals surface area contributed by atoms with E-state index in [0.29, 0.717) is 40.2 Å². The highest BCUT2D eigenvalue weighted by Crippen LogP contribution is 2.41. The second-order valence-electron chi connectivity index (χ2n) is 9.31. The number of hydrogen-bond donors (Lipinski definition) is 1. The van der Waals surface area contributed by atoms with Crippen molar-refractivity contribution in [3.05, 3.63) is 101 Å². The van der Waals surface area contributed by atoms with Crippen molar-refractivity contribution in [2.75, 3.05) is 11.4 Å². The molecule has 1 heterocycles. The Labute approximate surface area is 254 Å². The van der Waals surface area contributed by atoms with E-state index in [1.54, 1.807) is 55.5 Å². The molecule has 4 rings (SSSR count). The van der Waals surface area contributed by atoms with Gasteiger partial charge in [-0.3, -0.25) is 24.5 Å². The average molecular weight is 696 g/mol. The summed E-state index contributed by atoms with van der Waals surface area (Å²) in [4.78, 5) is 53.7. The molecule has 0 aliphatic carbocycles. The molecule has 9 nitrogen and oxygen atoms in total. The number of anilines is 1. The number of benzene rings is 3. The van der Waals surface area contributed by atoms with Crippen LogP contribution < -0.4 is 4.90 Å². The Morgan fingerprint density at radius 2 is 1.77 bits per heavy atom. The molecule has 3 aromatic rings. The molecule has 1 N–H and O–H groups in total. The molecular weight excluding hydrogens is 672 g/mol. The summed E-state index contributed by atoms with van der Waals surface area (Å²) in [6.07, 6.45) is 0.719. The third kappa shape index (κ3) is 6.24. The predicted octanol–water partition coefficient (Wildman–Crippen LogP) is 7.05. The van der Waals surface area contributed by atoms with Crippen LogP contribution in [0.5, 0.6) is 0 Å². The Bertz CT molecular complexity index is 1480. The first-order valence-electron chi connectivity index (χ1n) is 12.3. The van der Waals surface area contributed by atoms with Crippen LogP contribution in [0.2, 0.25) is 10.0 Å². The molecule has 2 atom stereocenters. The van der Waals surface area contributed by atoms with Gasteiger partial charge < -0.3 is 14.9 Å². The summed E-state index contributed by atoms with van der Waals surface area (Å²) >= 11 is 14.3. The zero-order valence-electron chi connectivity index (χ0n) is 21.2. The zero-order chi connectivity index (χ0) is 29.1. The highest BCUT2D eigenvalue weighted by Gasteiger charge is 2.43. The molecule has 1 aliphatic heterocycles. The second-order valence-corrected chi connectivity index (χ2v) is 11.4. The number of amides is 2. The number of halogens is 3. The molecular formula is C28H24Cl2IN3O6. The van der Waals surface area contributed by atoms with E-state index in [0.717, 1.165) is 3.57 Å². The van der Waals surface area contributed by atoms with E-state index in [4.69, 9.17) is 28.3 Å². The third-order valence-corrected chi connectivity index (χ3v) is 8.01. The van der Waals surface area contributed by atoms with Crippen LogP contribution in [-0.4, -0.2) is 39.3 Å². The highest BCUT2D eigenvalue weighted by atomic mass is 127. The Balaban J connectivity index is 1.88. The normalized spacial score (nSPS) is 15.9. The van der Waals surface area contributed by atoms with Crippen molar-refractivity contribution in [2.45, 2.75) is 38.3 Å². The molecule has 12 heteroatoms. The Hall–Kier alpha value is -3.22. The van der Waals surface area contributed by atoms with Crippen molar-refractivity contribution in [3.63, 3.8) is 0 Å². The number of carbonyl (C=O) groups excluding carboxylic acids is 2. The van der Waals surface area contributed by atoms with E-state index in [2.05, 4.69) is 22.6 Å². The van der Waals surface area contributed by atoms with E-state index in [-0.39, 0.29) is 29.6 Å². The van der Waals surface area contributed by atoms with E-state index >= 15 is 0 Å². The molecule has 0 saturated carbocycles. The van der Waals surface area contributed by atoms with Gasteiger partial charge >= 0.3 is 5.97 Å². The van der Waals surface area contributed by atoms with Crippen LogP contribution in [-0.2, 0) is 9.59 Å². The summed E-state index contributed by atoms with van der Waals surface area (Å²) in [5.41, 5.74) is 1.35. The van der Waals surface area contributed by atoms with E-state index in [9.17, 15) is 24.5 Å². The van der Waals surface area contributed by atoms with E-state index in [1.165, 1.54) is 21.9 Å². The summed E-state index contributed by atoms with van der Waals surface area (Å²) in [5.74, 6) is -1.75. The molecule has 3 aromatic carbocycles. The number of hydrogen-bond acceptors (Lipinski definition) is 5. The molecule has 0 radical (unpaired) electrons. The number of rotatable bonds is 9. The molecule has 208 valence electrons. The topological polar surface area (TPSA) is 121 Å². The average Bonchev–Trinajstić information content (AvgIpc) is 2.99. The molecule has 2 unspecified atom stereocenters. The van der Waals surface area contributed by atoms with Gasteiger partial charge in [0, 0.05) is 27.6 Å². The van der Waals surface area contributed by atoms with Gasteiger partial charge in [0.25, 0.3) is 17.5 Å². The Morgan fingerprint density at radius 3 is 2.42 bits per heavy atom. The van der Waals surface area contributed by atoms with Gasteiger partial charge in [0.15, 0.2) is 0 Å². The fourth-order valence-electron chi connectivity index (χ4n) is 4.77. The van der Waals surface area contributed by atoms with Crippen molar-refractivity contribution in [2.24, 2.45) is 0 Å². The minimum absolute atomic E-state index is 0.0408. The Kier molecular flexibility index (Phi) is 9.32. The second kappa shape index (κ2) is 12.5. The maximum Gasteiger partial charge on any atom is 0.303 e. The molecule has 0 saturated heterocycles. The molecule has 0 fully saturated rings. The summed E-state index contributed by atoms with van der Waals surface area (Å²) in [5, 5.41) is 21.1. The lowest BCUT2D eigenvalue weighted by molar-refractivity contribution is -0.384. The monoisotopic (exact) mass is 695 g/mol. The van der Waals surface area contributed by atoms with Gasteiger partial charge in [0.2, 0.25) is 0 Å². The fourth-order valence-corrected chi connectivity index (χ4v) is 5.57. The first-order valence-corrected chi connectivity index (χ1v) is 14.2. The fraction of sp³-hybridized carbons (Fsp3) is 0.250. The number of fused-ring (bicyclic) bond motifs is 1. The Morgan fingerprint density at radius 1 is 1.07 bits per heavy atom. The van der Waals surface area contributed by atoms with E-state index in [1.807, 2.05) is 0 Å². The predicted molar refractivity (Wildman–Crippen MR) is 160 cm³/mol. The summed E-state index contributed by atoms with van der Waals surface area (Å²) in [7, 11) is 0. The third-order valence-electron chi connectivity index (χ3n) is 6.77. The van der Waals surface area contributed by atoms with Crippen LogP contribution in [0, 0.1) is 13.7 Å². The number of nitro benzene ring substituents is 1. The summed E-state index contributed by atoms with van der Waals surface area (Å²) < 4.78 is 0.780. The molecule has 0 bridgehead atoms. The van der Waals surface area contributed by atoms with Crippen LogP contribution in [0.3, 0.4) is 0 Å². The molecule has 1 aliphatic rings. The van der Waals surface area contributed by atoms with Crippen molar-refractivity contribution >= 4 is 75.0 Å². The largest absolute Gasteiger partial charge is 0.481 e. The van der Waals surface area contributed by atoms with Crippen LogP contribution >= 0.6 is 45.8 Å². The minimum Gasteiger partial charge on any atom is -0.481 e. The number of unbranched alkanes of at least 4 members (excludes halogenated alkanes) is 1. The number of carbonyl (C=O) groups is 3. The lowest BCUT2D eigenvalue weighted by atomic mass is 9.98. The first-order chi connectivity index (χ1) is 19.0. The molecule has 0 spiro atoms. The first kappa shape index (κ1) is 29.8. The summed E-state index contributed by atoms with van der Waals surface area (Å²) in [6, 6.07) is 14.2. The number of nitrogens with zero attached hydrogens (tertiary/aromatic N) is 3. The van der Waals surface area contributed by atoms with Crippen molar-refractivity contribution in [1.29, 1.82) is 0 Å². The standard InChI is InChI=1S/C28H24Cl2IN3O6/c1-16(18-7-11-22(30)24(14-18)34(39)40)33-26(17-5-8-19(29)9-6-17)28(38)32(13-3-2-4-25(35)36)23-12-10-20(31)15-21(23)27(33)37/h5-12,14-16,26H,2-4,13H2,1H3,(H,35,36). The minimum atomic E-state index is -1.10. The van der Waals surface area contributed by atoms with Crippen LogP contribution in [0.1, 0.15) is 59.8 Å². The van der Waals surface area contributed by atoms with Gasteiger partial charge in [0.05, 0.1) is 22.2 Å². The molecule has 0 aromatic heterocycles. The SMILES string of the molecule is CC(c1ccc(Cl)c([N+](=O)[O-])c1)N1C(=O)c2cc(I)ccc2N(CCCCC(=O)O)C(=O)C1c1ccc(Cl)cc1. The lowest BCUT2D eigenvalue weighted by Gasteiger charge is -2.36. The van der Waals surface area contributed by atoms with Crippen LogP contribution in [0.25, 0.3) is 0 Å². The molecule has 40 heavy (non-hydrogen) atoms. The van der Waals surface area contributed by atoms with Crippen molar-refractivity contribution in [3.8, 4) is 0 Å². The van der Waals surface area contributed by atoms with Gasteiger partial charge in [-0.1, -0.05) is 41.4 Å². The van der Waals surface area contributed by atoms with Crippen LogP contribution in [0.15, 0.2) is 60.7 Å².